The normalized spacial score (nSPS) is 14.7. The summed E-state index contributed by atoms with van der Waals surface area (Å²) >= 11 is 0. The van der Waals surface area contributed by atoms with Crippen LogP contribution in [0.2, 0.25) is 0 Å². The molecule has 0 radical (unpaired) electrons. The molecule has 0 aliphatic rings. The molecule has 0 fully saturated rings. The molecule has 3 heteroatoms. The molecule has 0 aliphatic carbocycles. The SMILES string of the molecule is CCCCCCCCC/C=C\CCCC[C@@H](O)[C@@H](N)CO. The molecule has 0 saturated heterocycles. The van der Waals surface area contributed by atoms with Crippen molar-refractivity contribution in [1.29, 1.82) is 0 Å². The van der Waals surface area contributed by atoms with E-state index in [0.717, 1.165) is 19.3 Å². The standard InChI is InChI=1S/C18H37NO2/c1-2-3-4-5-6-7-8-9-10-11-12-13-14-15-18(21)17(19)16-20/h10-11,17-18,20-21H,2-9,12-16,19H2,1H3/b11-10-/t17-,18+/m0/s1. The van der Waals surface area contributed by atoms with Crippen LogP contribution in [0, 0.1) is 0 Å². The van der Waals surface area contributed by atoms with Crippen LogP contribution < -0.4 is 5.73 Å². The average Bonchev–Trinajstić information content (AvgIpc) is 2.50. The molecular weight excluding hydrogens is 262 g/mol. The number of rotatable bonds is 15. The summed E-state index contributed by atoms with van der Waals surface area (Å²) < 4.78 is 0. The molecular formula is C18H37NO2. The highest BCUT2D eigenvalue weighted by atomic mass is 16.3. The van der Waals surface area contributed by atoms with Gasteiger partial charge in [0.2, 0.25) is 0 Å². The maximum absolute atomic E-state index is 9.59. The van der Waals surface area contributed by atoms with Crippen molar-refractivity contribution in [2.45, 2.75) is 96.1 Å². The molecule has 0 amide bonds. The van der Waals surface area contributed by atoms with E-state index in [9.17, 15) is 5.11 Å². The van der Waals surface area contributed by atoms with Crippen molar-refractivity contribution in [3.05, 3.63) is 12.2 Å². The average molecular weight is 299 g/mol. The lowest BCUT2D eigenvalue weighted by atomic mass is 10.0. The first-order chi connectivity index (χ1) is 10.2. The molecule has 0 heterocycles. The zero-order valence-corrected chi connectivity index (χ0v) is 14.0. The van der Waals surface area contributed by atoms with E-state index in [1.54, 1.807) is 0 Å². The fourth-order valence-electron chi connectivity index (χ4n) is 2.41. The third-order valence-corrected chi connectivity index (χ3v) is 3.97. The summed E-state index contributed by atoms with van der Waals surface area (Å²) in [4.78, 5) is 0. The topological polar surface area (TPSA) is 66.5 Å². The van der Waals surface area contributed by atoms with Crippen molar-refractivity contribution in [3.63, 3.8) is 0 Å². The Kier molecular flexibility index (Phi) is 15.7. The molecule has 0 spiro atoms. The first kappa shape index (κ1) is 20.6. The predicted octanol–water partition coefficient (Wildman–Crippen LogP) is 3.92. The summed E-state index contributed by atoms with van der Waals surface area (Å²) in [6, 6.07) is -0.488. The maximum atomic E-state index is 9.59. The molecule has 0 aromatic rings. The van der Waals surface area contributed by atoms with E-state index in [0.29, 0.717) is 6.42 Å². The summed E-state index contributed by atoms with van der Waals surface area (Å²) in [5.74, 6) is 0. The highest BCUT2D eigenvalue weighted by Gasteiger charge is 2.12. The molecule has 0 aliphatic heterocycles. The van der Waals surface area contributed by atoms with Crippen LogP contribution in [0.15, 0.2) is 12.2 Å². The largest absolute Gasteiger partial charge is 0.395 e. The van der Waals surface area contributed by atoms with Crippen LogP contribution in [0.3, 0.4) is 0 Å². The van der Waals surface area contributed by atoms with Crippen molar-refractivity contribution in [2.75, 3.05) is 6.61 Å². The molecule has 3 nitrogen and oxygen atoms in total. The highest BCUT2D eigenvalue weighted by Crippen LogP contribution is 2.10. The summed E-state index contributed by atoms with van der Waals surface area (Å²) in [6.45, 7) is 2.12. The van der Waals surface area contributed by atoms with Crippen LogP contribution in [0.5, 0.6) is 0 Å². The monoisotopic (exact) mass is 299 g/mol. The lowest BCUT2D eigenvalue weighted by Gasteiger charge is -2.15. The molecule has 4 N–H and O–H groups in total. The fourth-order valence-corrected chi connectivity index (χ4v) is 2.41. The van der Waals surface area contributed by atoms with Crippen LogP contribution in [0.1, 0.15) is 84.0 Å². The second kappa shape index (κ2) is 16.0. The fraction of sp³-hybridized carbons (Fsp3) is 0.889. The molecule has 126 valence electrons. The number of allylic oxidation sites excluding steroid dienone is 2. The first-order valence-electron chi connectivity index (χ1n) is 8.91. The molecule has 0 aromatic heterocycles. The second-order valence-corrected chi connectivity index (χ2v) is 6.08. The Bertz CT molecular complexity index is 231. The van der Waals surface area contributed by atoms with E-state index in [1.807, 2.05) is 0 Å². The summed E-state index contributed by atoms with van der Waals surface area (Å²) in [5, 5.41) is 18.4. The van der Waals surface area contributed by atoms with Crippen LogP contribution in [-0.2, 0) is 0 Å². The van der Waals surface area contributed by atoms with E-state index in [-0.39, 0.29) is 6.61 Å². The lowest BCUT2D eigenvalue weighted by Crippen LogP contribution is -2.37. The Morgan fingerprint density at radius 3 is 1.95 bits per heavy atom. The minimum Gasteiger partial charge on any atom is -0.395 e. The van der Waals surface area contributed by atoms with E-state index in [2.05, 4.69) is 19.1 Å². The lowest BCUT2D eigenvalue weighted by molar-refractivity contribution is 0.0993. The third-order valence-electron chi connectivity index (χ3n) is 3.97. The van der Waals surface area contributed by atoms with Gasteiger partial charge in [-0.2, -0.15) is 0 Å². The van der Waals surface area contributed by atoms with Crippen molar-refractivity contribution in [2.24, 2.45) is 5.73 Å². The molecule has 0 unspecified atom stereocenters. The van der Waals surface area contributed by atoms with Gasteiger partial charge in [-0.05, 0) is 32.1 Å². The van der Waals surface area contributed by atoms with Gasteiger partial charge >= 0.3 is 0 Å². The second-order valence-electron chi connectivity index (χ2n) is 6.08. The van der Waals surface area contributed by atoms with E-state index in [1.165, 1.54) is 51.4 Å². The minimum absolute atomic E-state index is 0.139. The third kappa shape index (κ3) is 14.3. The van der Waals surface area contributed by atoms with Gasteiger partial charge in [-0.1, -0.05) is 64.0 Å². The molecule has 0 aromatic carbocycles. The van der Waals surface area contributed by atoms with E-state index < -0.39 is 12.1 Å². The van der Waals surface area contributed by atoms with Crippen molar-refractivity contribution in [3.8, 4) is 0 Å². The summed E-state index contributed by atoms with van der Waals surface area (Å²) in [5.41, 5.74) is 5.55. The Morgan fingerprint density at radius 2 is 1.38 bits per heavy atom. The quantitative estimate of drug-likeness (QED) is 0.317. The number of unbranched alkanes of at least 4 members (excludes halogenated alkanes) is 9. The summed E-state index contributed by atoms with van der Waals surface area (Å²) in [6.07, 6.45) is 18.6. The van der Waals surface area contributed by atoms with Crippen molar-refractivity contribution >= 4 is 0 Å². The molecule has 0 rings (SSSR count). The maximum Gasteiger partial charge on any atom is 0.0713 e. The van der Waals surface area contributed by atoms with Gasteiger partial charge in [0.05, 0.1) is 18.8 Å². The van der Waals surface area contributed by atoms with Gasteiger partial charge in [0.15, 0.2) is 0 Å². The molecule has 0 saturated carbocycles. The number of hydrogen-bond acceptors (Lipinski definition) is 3. The number of hydrogen-bond donors (Lipinski definition) is 3. The minimum atomic E-state index is -0.563. The predicted molar refractivity (Wildman–Crippen MR) is 91.3 cm³/mol. The van der Waals surface area contributed by atoms with Gasteiger partial charge in [-0.15, -0.1) is 0 Å². The zero-order chi connectivity index (χ0) is 15.8. The van der Waals surface area contributed by atoms with Crippen molar-refractivity contribution in [1.82, 2.24) is 0 Å². The molecule has 21 heavy (non-hydrogen) atoms. The van der Waals surface area contributed by atoms with Gasteiger partial charge in [0.25, 0.3) is 0 Å². The van der Waals surface area contributed by atoms with Gasteiger partial charge in [0, 0.05) is 0 Å². The Morgan fingerprint density at radius 1 is 0.857 bits per heavy atom. The van der Waals surface area contributed by atoms with Crippen molar-refractivity contribution < 1.29 is 10.2 Å². The van der Waals surface area contributed by atoms with Crippen LogP contribution in [-0.4, -0.2) is 29.0 Å². The number of aliphatic hydroxyl groups excluding tert-OH is 2. The first-order valence-corrected chi connectivity index (χ1v) is 8.91. The Labute approximate surface area is 131 Å². The molecule has 0 bridgehead atoms. The van der Waals surface area contributed by atoms with Gasteiger partial charge in [-0.25, -0.2) is 0 Å². The Hall–Kier alpha value is -0.380. The smallest absolute Gasteiger partial charge is 0.0713 e. The van der Waals surface area contributed by atoms with E-state index in [4.69, 9.17) is 10.8 Å². The number of aliphatic hydroxyl groups is 2. The van der Waals surface area contributed by atoms with E-state index >= 15 is 0 Å². The molecule has 2 atom stereocenters. The zero-order valence-electron chi connectivity index (χ0n) is 14.0. The van der Waals surface area contributed by atoms with Gasteiger partial charge in [-0.3, -0.25) is 0 Å². The van der Waals surface area contributed by atoms with Crippen LogP contribution in [0.4, 0.5) is 0 Å². The summed E-state index contributed by atoms with van der Waals surface area (Å²) in [7, 11) is 0. The highest BCUT2D eigenvalue weighted by molar-refractivity contribution is 4.81. The van der Waals surface area contributed by atoms with Gasteiger partial charge in [0.1, 0.15) is 0 Å². The number of nitrogens with two attached hydrogens (primary N) is 1. The van der Waals surface area contributed by atoms with Crippen LogP contribution in [0.25, 0.3) is 0 Å². The Balaban J connectivity index is 3.22. The van der Waals surface area contributed by atoms with Gasteiger partial charge < -0.3 is 15.9 Å². The van der Waals surface area contributed by atoms with Crippen LogP contribution >= 0.6 is 0 Å².